The molecule has 0 radical (unpaired) electrons. The van der Waals surface area contributed by atoms with Crippen LogP contribution in [0.25, 0.3) is 0 Å². The number of hydrogen-bond donors (Lipinski definition) is 3. The fourth-order valence-corrected chi connectivity index (χ4v) is 2.47. The molecule has 29 heavy (non-hydrogen) atoms. The molecule has 0 heterocycles. The van der Waals surface area contributed by atoms with E-state index in [-0.39, 0.29) is 5.56 Å². The van der Waals surface area contributed by atoms with Crippen LogP contribution in [-0.4, -0.2) is 11.9 Å². The molecule has 0 atom stereocenters. The summed E-state index contributed by atoms with van der Waals surface area (Å²) in [6.07, 6.45) is -4.45. The van der Waals surface area contributed by atoms with E-state index >= 15 is 0 Å². The van der Waals surface area contributed by atoms with Crippen molar-refractivity contribution in [3.05, 3.63) is 90.0 Å². The molecule has 3 N–H and O–H groups in total. The van der Waals surface area contributed by atoms with E-state index in [0.717, 1.165) is 24.3 Å². The second-order valence-electron chi connectivity index (χ2n) is 6.05. The maximum Gasteiger partial charge on any atom is 0.416 e. The Morgan fingerprint density at radius 1 is 0.621 bits per heavy atom. The van der Waals surface area contributed by atoms with Gasteiger partial charge < -0.3 is 16.0 Å². The number of para-hydroxylation sites is 1. The van der Waals surface area contributed by atoms with Crippen molar-refractivity contribution in [3.63, 3.8) is 0 Å². The summed E-state index contributed by atoms with van der Waals surface area (Å²) in [5, 5.41) is 7.92. The van der Waals surface area contributed by atoms with Crippen LogP contribution in [0, 0.1) is 0 Å². The van der Waals surface area contributed by atoms with Crippen molar-refractivity contribution in [2.24, 2.45) is 0 Å². The topological polar surface area (TPSA) is 70.2 Å². The predicted molar refractivity (Wildman–Crippen MR) is 105 cm³/mol. The summed E-state index contributed by atoms with van der Waals surface area (Å²) in [5.74, 6) is -0.541. The largest absolute Gasteiger partial charge is 0.416 e. The molecule has 3 aromatic rings. The molecule has 0 fully saturated rings. The fourth-order valence-electron chi connectivity index (χ4n) is 2.47. The fraction of sp³-hybridized carbons (Fsp3) is 0.0476. The highest BCUT2D eigenvalue weighted by Crippen LogP contribution is 2.29. The number of anilines is 3. The molecular weight excluding hydrogens is 383 g/mol. The summed E-state index contributed by atoms with van der Waals surface area (Å²) in [4.78, 5) is 24.1. The quantitative estimate of drug-likeness (QED) is 0.534. The van der Waals surface area contributed by atoms with Gasteiger partial charge in [0.05, 0.1) is 5.56 Å². The molecule has 0 bridgehead atoms. The van der Waals surface area contributed by atoms with E-state index in [1.807, 2.05) is 6.07 Å². The number of nitrogens with one attached hydrogen (secondary N) is 3. The zero-order valence-corrected chi connectivity index (χ0v) is 15.0. The Labute approximate surface area is 164 Å². The zero-order chi connectivity index (χ0) is 20.9. The number of rotatable bonds is 4. The molecule has 0 saturated heterocycles. The Kier molecular flexibility index (Phi) is 5.82. The first-order valence-electron chi connectivity index (χ1n) is 8.53. The Hall–Kier alpha value is -3.81. The van der Waals surface area contributed by atoms with E-state index in [9.17, 15) is 22.8 Å². The van der Waals surface area contributed by atoms with E-state index in [0.29, 0.717) is 17.1 Å². The van der Waals surface area contributed by atoms with Crippen molar-refractivity contribution in [2.45, 2.75) is 6.18 Å². The van der Waals surface area contributed by atoms with Gasteiger partial charge >= 0.3 is 12.2 Å². The molecule has 0 spiro atoms. The molecule has 5 nitrogen and oxygen atoms in total. The third-order valence-corrected chi connectivity index (χ3v) is 3.91. The number of carbonyl (C=O) groups is 2. The van der Waals surface area contributed by atoms with Crippen LogP contribution in [0.3, 0.4) is 0 Å². The smallest absolute Gasteiger partial charge is 0.322 e. The first kappa shape index (κ1) is 19.9. The number of amides is 3. The lowest BCUT2D eigenvalue weighted by Gasteiger charge is -2.10. The van der Waals surface area contributed by atoms with Gasteiger partial charge in [0.1, 0.15) is 0 Å². The summed E-state index contributed by atoms with van der Waals surface area (Å²) in [7, 11) is 0. The van der Waals surface area contributed by atoms with Gasteiger partial charge in [-0.3, -0.25) is 4.79 Å². The maximum atomic E-state index is 12.6. The Balaban J connectivity index is 1.57. The zero-order valence-electron chi connectivity index (χ0n) is 15.0. The van der Waals surface area contributed by atoms with Crippen molar-refractivity contribution in [3.8, 4) is 0 Å². The van der Waals surface area contributed by atoms with Crippen molar-refractivity contribution in [1.82, 2.24) is 0 Å². The minimum absolute atomic E-state index is 0.0995. The molecule has 3 aromatic carbocycles. The first-order chi connectivity index (χ1) is 13.8. The summed E-state index contributed by atoms with van der Waals surface area (Å²) in [6.45, 7) is 0. The minimum atomic E-state index is -4.45. The number of urea groups is 1. The lowest BCUT2D eigenvalue weighted by Crippen LogP contribution is -2.19. The van der Waals surface area contributed by atoms with Crippen LogP contribution < -0.4 is 16.0 Å². The Morgan fingerprint density at radius 3 is 1.62 bits per heavy atom. The van der Waals surface area contributed by atoms with Gasteiger partial charge in [-0.25, -0.2) is 4.79 Å². The van der Waals surface area contributed by atoms with Gasteiger partial charge in [0, 0.05) is 22.6 Å². The van der Waals surface area contributed by atoms with E-state index in [4.69, 9.17) is 0 Å². The minimum Gasteiger partial charge on any atom is -0.322 e. The summed E-state index contributed by atoms with van der Waals surface area (Å²) < 4.78 is 37.7. The van der Waals surface area contributed by atoms with Gasteiger partial charge in [-0.15, -0.1) is 0 Å². The van der Waals surface area contributed by atoms with Crippen molar-refractivity contribution < 1.29 is 22.8 Å². The normalized spacial score (nSPS) is 10.9. The molecule has 3 amide bonds. The summed E-state index contributed by atoms with van der Waals surface area (Å²) in [6, 6.07) is 18.8. The molecule has 0 aliphatic rings. The highest BCUT2D eigenvalue weighted by molar-refractivity contribution is 6.04. The molecule has 0 aromatic heterocycles. The van der Waals surface area contributed by atoms with E-state index < -0.39 is 23.7 Å². The number of hydrogen-bond acceptors (Lipinski definition) is 2. The van der Waals surface area contributed by atoms with Gasteiger partial charge in [0.2, 0.25) is 0 Å². The third-order valence-electron chi connectivity index (χ3n) is 3.91. The summed E-state index contributed by atoms with van der Waals surface area (Å²) in [5.41, 5.74) is 0.862. The van der Waals surface area contributed by atoms with Gasteiger partial charge in [-0.05, 0) is 60.7 Å². The van der Waals surface area contributed by atoms with Crippen LogP contribution in [0.5, 0.6) is 0 Å². The van der Waals surface area contributed by atoms with E-state index in [1.54, 1.807) is 48.5 Å². The number of halogens is 3. The average molecular weight is 399 g/mol. The molecule has 0 saturated carbocycles. The van der Waals surface area contributed by atoms with Crippen molar-refractivity contribution >= 4 is 29.0 Å². The Bertz CT molecular complexity index is 986. The third kappa shape index (κ3) is 5.58. The molecule has 3 rings (SSSR count). The standard InChI is InChI=1S/C21H16F3N3O2/c22-21(23,24)15-8-6-14(7-9-15)19(28)25-17-10-12-18(13-11-17)27-20(29)26-16-4-2-1-3-5-16/h1-13H,(H,25,28)(H2,26,27,29). The SMILES string of the molecule is O=C(Nc1ccccc1)Nc1ccc(NC(=O)c2ccc(C(F)(F)F)cc2)cc1. The maximum absolute atomic E-state index is 12.6. The molecule has 0 aliphatic carbocycles. The van der Waals surface area contributed by atoms with Gasteiger partial charge in [-0.2, -0.15) is 13.2 Å². The average Bonchev–Trinajstić information content (AvgIpc) is 2.69. The van der Waals surface area contributed by atoms with Crippen LogP contribution in [0.1, 0.15) is 15.9 Å². The number of alkyl halides is 3. The number of carbonyl (C=O) groups excluding carboxylic acids is 2. The Morgan fingerprint density at radius 2 is 1.10 bits per heavy atom. The van der Waals surface area contributed by atoms with Crippen molar-refractivity contribution in [2.75, 3.05) is 16.0 Å². The van der Waals surface area contributed by atoms with Gasteiger partial charge in [0.25, 0.3) is 5.91 Å². The van der Waals surface area contributed by atoms with Crippen LogP contribution in [-0.2, 0) is 6.18 Å². The molecule has 8 heteroatoms. The first-order valence-corrected chi connectivity index (χ1v) is 8.53. The number of benzene rings is 3. The highest BCUT2D eigenvalue weighted by atomic mass is 19.4. The lowest BCUT2D eigenvalue weighted by atomic mass is 10.1. The van der Waals surface area contributed by atoms with Crippen LogP contribution in [0.2, 0.25) is 0 Å². The van der Waals surface area contributed by atoms with E-state index in [2.05, 4.69) is 16.0 Å². The van der Waals surface area contributed by atoms with Crippen LogP contribution in [0.15, 0.2) is 78.9 Å². The second kappa shape index (κ2) is 8.47. The lowest BCUT2D eigenvalue weighted by molar-refractivity contribution is -0.137. The molecule has 0 aliphatic heterocycles. The summed E-state index contributed by atoms with van der Waals surface area (Å²) >= 11 is 0. The second-order valence-corrected chi connectivity index (χ2v) is 6.05. The van der Waals surface area contributed by atoms with Gasteiger partial charge in [-0.1, -0.05) is 18.2 Å². The van der Waals surface area contributed by atoms with Crippen LogP contribution >= 0.6 is 0 Å². The van der Waals surface area contributed by atoms with Crippen LogP contribution in [0.4, 0.5) is 35.0 Å². The molecule has 0 unspecified atom stereocenters. The monoisotopic (exact) mass is 399 g/mol. The highest BCUT2D eigenvalue weighted by Gasteiger charge is 2.30. The van der Waals surface area contributed by atoms with Gasteiger partial charge in [0.15, 0.2) is 0 Å². The molecular formula is C21H16F3N3O2. The van der Waals surface area contributed by atoms with Crippen molar-refractivity contribution in [1.29, 1.82) is 0 Å². The van der Waals surface area contributed by atoms with E-state index in [1.165, 1.54) is 0 Å². The molecule has 148 valence electrons. The predicted octanol–water partition coefficient (Wildman–Crippen LogP) is 5.60.